The SMILES string of the molecule is C/C=C/C(=O)/C=C/COCC(F)(F)S(=O)O. The normalized spacial score (nSPS) is 14.8. The molecule has 0 aromatic rings. The summed E-state index contributed by atoms with van der Waals surface area (Å²) in [4.78, 5) is 10.8. The highest BCUT2D eigenvalue weighted by molar-refractivity contribution is 7.80. The third-order valence-corrected chi connectivity index (χ3v) is 1.98. The van der Waals surface area contributed by atoms with Crippen molar-refractivity contribution < 1.29 is 27.1 Å². The number of ether oxygens (including phenoxy) is 1. The maximum absolute atomic E-state index is 12.5. The molecule has 0 aromatic carbocycles. The van der Waals surface area contributed by atoms with E-state index in [1.54, 1.807) is 6.92 Å². The molecule has 0 heterocycles. The summed E-state index contributed by atoms with van der Waals surface area (Å²) < 4.78 is 47.6. The van der Waals surface area contributed by atoms with Crippen LogP contribution in [0.2, 0.25) is 0 Å². The lowest BCUT2D eigenvalue weighted by Gasteiger charge is -2.10. The molecule has 7 heteroatoms. The first kappa shape index (κ1) is 15.1. The molecule has 0 radical (unpaired) electrons. The maximum atomic E-state index is 12.5. The lowest BCUT2D eigenvalue weighted by molar-refractivity contribution is -0.110. The van der Waals surface area contributed by atoms with Crippen molar-refractivity contribution >= 4 is 16.9 Å². The summed E-state index contributed by atoms with van der Waals surface area (Å²) in [7, 11) is 0. The summed E-state index contributed by atoms with van der Waals surface area (Å²) >= 11 is -3.25. The van der Waals surface area contributed by atoms with Crippen LogP contribution in [0.1, 0.15) is 6.92 Å². The van der Waals surface area contributed by atoms with Crippen LogP contribution < -0.4 is 0 Å². The Bertz CT molecular complexity index is 313. The Labute approximate surface area is 94.3 Å². The van der Waals surface area contributed by atoms with Crippen molar-refractivity contribution in [3.63, 3.8) is 0 Å². The first-order chi connectivity index (χ1) is 7.40. The molecule has 92 valence electrons. The standard InChI is InChI=1S/C9H12F2O4S/c1-2-4-8(12)5-3-6-15-7-9(10,11)16(13)14/h2-5H,6-7H2,1H3,(H,13,14)/b4-2+,5-3+. The van der Waals surface area contributed by atoms with E-state index in [0.29, 0.717) is 0 Å². The van der Waals surface area contributed by atoms with E-state index in [1.807, 2.05) is 0 Å². The van der Waals surface area contributed by atoms with Crippen LogP contribution in [-0.4, -0.2) is 33.0 Å². The molecular weight excluding hydrogens is 242 g/mol. The lowest BCUT2D eigenvalue weighted by Crippen LogP contribution is -2.28. The number of allylic oxidation sites excluding steroid dienone is 3. The molecule has 0 spiro atoms. The minimum Gasteiger partial charge on any atom is -0.370 e. The molecule has 0 aliphatic rings. The van der Waals surface area contributed by atoms with Crippen LogP contribution in [0.15, 0.2) is 24.3 Å². The Morgan fingerprint density at radius 3 is 2.62 bits per heavy atom. The van der Waals surface area contributed by atoms with Crippen molar-refractivity contribution in [2.75, 3.05) is 13.2 Å². The van der Waals surface area contributed by atoms with Gasteiger partial charge in [-0.2, -0.15) is 8.78 Å². The molecule has 0 saturated heterocycles. The van der Waals surface area contributed by atoms with Crippen LogP contribution >= 0.6 is 0 Å². The van der Waals surface area contributed by atoms with Gasteiger partial charge in [0, 0.05) is 0 Å². The first-order valence-electron chi connectivity index (χ1n) is 4.30. The predicted octanol–water partition coefficient (Wildman–Crippen LogP) is 1.52. The van der Waals surface area contributed by atoms with E-state index in [9.17, 15) is 17.8 Å². The maximum Gasteiger partial charge on any atom is 0.367 e. The fourth-order valence-electron chi connectivity index (χ4n) is 0.680. The third-order valence-electron chi connectivity index (χ3n) is 1.35. The third kappa shape index (κ3) is 6.54. The number of carbonyl (C=O) groups excluding carboxylic acids is 1. The van der Waals surface area contributed by atoms with Gasteiger partial charge in [0.1, 0.15) is 6.61 Å². The molecule has 0 bridgehead atoms. The molecule has 0 rings (SSSR count). The van der Waals surface area contributed by atoms with E-state index < -0.39 is 22.9 Å². The second kappa shape index (κ2) is 7.37. The molecule has 0 amide bonds. The van der Waals surface area contributed by atoms with Crippen LogP contribution in [0.25, 0.3) is 0 Å². The van der Waals surface area contributed by atoms with Crippen molar-refractivity contribution in [3.05, 3.63) is 24.3 Å². The highest BCUT2D eigenvalue weighted by Gasteiger charge is 2.36. The number of hydrogen-bond acceptors (Lipinski definition) is 3. The number of halogens is 2. The van der Waals surface area contributed by atoms with E-state index in [1.165, 1.54) is 18.2 Å². The summed E-state index contributed by atoms with van der Waals surface area (Å²) in [6.45, 7) is 0.272. The van der Waals surface area contributed by atoms with Crippen molar-refractivity contribution in [2.24, 2.45) is 0 Å². The summed E-state index contributed by atoms with van der Waals surface area (Å²) in [5.74, 6) is -0.288. The van der Waals surface area contributed by atoms with E-state index in [0.717, 1.165) is 6.08 Å². The smallest absolute Gasteiger partial charge is 0.367 e. The second-order valence-corrected chi connectivity index (χ2v) is 3.80. The molecule has 1 atom stereocenters. The van der Waals surface area contributed by atoms with Crippen molar-refractivity contribution in [3.8, 4) is 0 Å². The highest BCUT2D eigenvalue weighted by Crippen LogP contribution is 2.16. The van der Waals surface area contributed by atoms with Gasteiger partial charge in [-0.3, -0.25) is 4.79 Å². The molecule has 4 nitrogen and oxygen atoms in total. The van der Waals surface area contributed by atoms with Gasteiger partial charge in [-0.1, -0.05) is 12.2 Å². The molecule has 0 aromatic heterocycles. The van der Waals surface area contributed by atoms with Gasteiger partial charge in [0.25, 0.3) is 0 Å². The Hall–Kier alpha value is -0.920. The molecular formula is C9H12F2O4S. The van der Waals surface area contributed by atoms with E-state index in [-0.39, 0.29) is 12.4 Å². The fourth-order valence-corrected chi connectivity index (χ4v) is 0.864. The molecule has 0 aliphatic heterocycles. The minimum absolute atomic E-state index is 0.226. The monoisotopic (exact) mass is 254 g/mol. The predicted molar refractivity (Wildman–Crippen MR) is 55.5 cm³/mol. The summed E-state index contributed by atoms with van der Waals surface area (Å²) in [5.41, 5.74) is 0. The van der Waals surface area contributed by atoms with Gasteiger partial charge in [0.2, 0.25) is 11.1 Å². The number of carbonyl (C=O) groups is 1. The van der Waals surface area contributed by atoms with E-state index >= 15 is 0 Å². The minimum atomic E-state index is -3.79. The number of hydrogen-bond donors (Lipinski definition) is 1. The molecule has 16 heavy (non-hydrogen) atoms. The number of rotatable bonds is 7. The Morgan fingerprint density at radius 1 is 1.50 bits per heavy atom. The summed E-state index contributed by atoms with van der Waals surface area (Å²) in [6.07, 6.45) is 5.25. The molecule has 1 N–H and O–H groups in total. The Balaban J connectivity index is 3.85. The largest absolute Gasteiger partial charge is 0.370 e. The summed E-state index contributed by atoms with van der Waals surface area (Å²) in [6, 6.07) is 0. The average Bonchev–Trinajstić information content (AvgIpc) is 2.17. The number of alkyl halides is 2. The fraction of sp³-hybridized carbons (Fsp3) is 0.444. The second-order valence-electron chi connectivity index (χ2n) is 2.71. The van der Waals surface area contributed by atoms with Gasteiger partial charge >= 0.3 is 5.25 Å². The summed E-state index contributed by atoms with van der Waals surface area (Å²) in [5, 5.41) is -3.79. The van der Waals surface area contributed by atoms with Crippen LogP contribution in [0.4, 0.5) is 8.78 Å². The zero-order valence-corrected chi connectivity index (χ0v) is 9.38. The molecule has 0 fully saturated rings. The topological polar surface area (TPSA) is 63.6 Å². The molecule has 1 unspecified atom stereocenters. The molecule has 0 aliphatic carbocycles. The van der Waals surface area contributed by atoms with Gasteiger partial charge in [0.05, 0.1) is 6.61 Å². The number of ketones is 1. The average molecular weight is 254 g/mol. The van der Waals surface area contributed by atoms with E-state index in [4.69, 9.17) is 4.55 Å². The quantitative estimate of drug-likeness (QED) is 0.425. The van der Waals surface area contributed by atoms with Gasteiger partial charge in [-0.25, -0.2) is 4.21 Å². The van der Waals surface area contributed by atoms with Gasteiger partial charge in [0.15, 0.2) is 5.78 Å². The lowest BCUT2D eigenvalue weighted by atomic mass is 10.3. The Morgan fingerprint density at radius 2 is 2.12 bits per heavy atom. The van der Waals surface area contributed by atoms with Gasteiger partial charge in [-0.15, -0.1) is 0 Å². The van der Waals surface area contributed by atoms with Crippen LogP contribution in [-0.2, 0) is 20.6 Å². The van der Waals surface area contributed by atoms with Gasteiger partial charge in [-0.05, 0) is 19.1 Å². The molecule has 0 saturated carbocycles. The zero-order chi connectivity index (χ0) is 12.6. The van der Waals surface area contributed by atoms with E-state index in [2.05, 4.69) is 4.74 Å². The Kier molecular flexibility index (Phi) is 6.95. The highest BCUT2D eigenvalue weighted by atomic mass is 32.2. The van der Waals surface area contributed by atoms with Crippen LogP contribution in [0, 0.1) is 0 Å². The van der Waals surface area contributed by atoms with Crippen LogP contribution in [0.5, 0.6) is 0 Å². The van der Waals surface area contributed by atoms with Crippen LogP contribution in [0.3, 0.4) is 0 Å². The zero-order valence-electron chi connectivity index (χ0n) is 8.56. The van der Waals surface area contributed by atoms with Gasteiger partial charge < -0.3 is 9.29 Å². The van der Waals surface area contributed by atoms with Crippen molar-refractivity contribution in [2.45, 2.75) is 12.2 Å². The first-order valence-corrected chi connectivity index (χ1v) is 5.40. The van der Waals surface area contributed by atoms with Crippen molar-refractivity contribution in [1.29, 1.82) is 0 Å². The van der Waals surface area contributed by atoms with Crippen molar-refractivity contribution in [1.82, 2.24) is 0 Å².